The molecule has 0 radical (unpaired) electrons. The third-order valence-electron chi connectivity index (χ3n) is 5.71. The number of carbonyl (C=O) groups is 2. The minimum absolute atomic E-state index is 0.140. The predicted molar refractivity (Wildman–Crippen MR) is 127 cm³/mol. The fourth-order valence-corrected chi connectivity index (χ4v) is 4.71. The van der Waals surface area contributed by atoms with Crippen molar-refractivity contribution in [1.82, 2.24) is 20.2 Å². The van der Waals surface area contributed by atoms with E-state index in [0.29, 0.717) is 11.4 Å². The first kappa shape index (κ1) is 24.1. The van der Waals surface area contributed by atoms with E-state index in [9.17, 15) is 14.7 Å². The van der Waals surface area contributed by atoms with Gasteiger partial charge in [0.1, 0.15) is 11.5 Å². The molecule has 0 bridgehead atoms. The normalized spacial score (nSPS) is 18.0. The third kappa shape index (κ3) is 5.27. The number of likely N-dealkylation sites (tertiary alicyclic amines) is 1. The predicted octanol–water partition coefficient (Wildman–Crippen LogP) is 3.46. The van der Waals surface area contributed by atoms with Crippen LogP contribution in [0.2, 0.25) is 0 Å². The van der Waals surface area contributed by atoms with E-state index in [1.165, 1.54) is 11.3 Å². The van der Waals surface area contributed by atoms with Crippen LogP contribution in [0.5, 0.6) is 0 Å². The summed E-state index contributed by atoms with van der Waals surface area (Å²) in [4.78, 5) is 37.7. The van der Waals surface area contributed by atoms with Gasteiger partial charge in [-0.15, -0.1) is 11.3 Å². The molecule has 0 saturated carbocycles. The van der Waals surface area contributed by atoms with Gasteiger partial charge in [-0.2, -0.15) is 0 Å². The van der Waals surface area contributed by atoms with Gasteiger partial charge in [0, 0.05) is 30.4 Å². The van der Waals surface area contributed by atoms with Crippen molar-refractivity contribution in [3.8, 4) is 10.4 Å². The molecular formula is C23H33N5O3S. The summed E-state index contributed by atoms with van der Waals surface area (Å²) >= 11 is 1.18. The molecule has 1 fully saturated rings. The molecule has 1 saturated heterocycles. The molecule has 1 aliphatic rings. The number of aliphatic hydroxyl groups excluding tert-OH is 1. The average Bonchev–Trinajstić information content (AvgIpc) is 3.33. The largest absolute Gasteiger partial charge is 0.391 e. The smallest absolute Gasteiger partial charge is 0.280 e. The quantitative estimate of drug-likeness (QED) is 0.585. The van der Waals surface area contributed by atoms with Crippen LogP contribution in [0.1, 0.15) is 73.3 Å². The summed E-state index contributed by atoms with van der Waals surface area (Å²) in [6.07, 6.45) is 2.96. The number of thiazole rings is 1. The molecule has 3 N–H and O–H groups in total. The molecule has 3 atom stereocenters. The monoisotopic (exact) mass is 459 g/mol. The number of aryl methyl sites for hydroxylation is 1. The molecular weight excluding hydrogens is 426 g/mol. The van der Waals surface area contributed by atoms with E-state index < -0.39 is 18.1 Å². The van der Waals surface area contributed by atoms with Crippen LogP contribution in [-0.2, 0) is 0 Å². The number of pyridine rings is 1. The van der Waals surface area contributed by atoms with Gasteiger partial charge in [0.05, 0.1) is 17.0 Å². The Bertz CT molecular complexity index is 988. The summed E-state index contributed by atoms with van der Waals surface area (Å²) in [5.41, 5.74) is 2.02. The van der Waals surface area contributed by atoms with E-state index in [4.69, 9.17) is 0 Å². The average molecular weight is 460 g/mol. The minimum atomic E-state index is -0.697. The molecule has 0 spiro atoms. The summed E-state index contributed by atoms with van der Waals surface area (Å²) < 4.78 is 0. The number of nitrogens with zero attached hydrogens (tertiary/aromatic N) is 3. The van der Waals surface area contributed by atoms with Crippen molar-refractivity contribution in [3.05, 3.63) is 28.5 Å². The number of hydrogen-bond donors (Lipinski definition) is 3. The number of hydrogen-bond acceptors (Lipinski definition) is 7. The van der Waals surface area contributed by atoms with Gasteiger partial charge in [-0.05, 0) is 66.0 Å². The Morgan fingerprint density at radius 1 is 1.28 bits per heavy atom. The number of aliphatic hydroxyl groups is 1. The SMILES string of the molecule is Cc1cc(NC(C)C)ncc1-c1sc(C(=O)N[C@@H](C)[C@H](C)O)nc1C(=O)N1CCC[C@@H]1C. The molecule has 32 heavy (non-hydrogen) atoms. The topological polar surface area (TPSA) is 107 Å². The first-order valence-corrected chi connectivity index (χ1v) is 11.9. The fourth-order valence-electron chi connectivity index (χ4n) is 3.67. The van der Waals surface area contributed by atoms with Gasteiger partial charge >= 0.3 is 0 Å². The van der Waals surface area contributed by atoms with Crippen LogP contribution in [0, 0.1) is 6.92 Å². The van der Waals surface area contributed by atoms with Crippen LogP contribution < -0.4 is 10.6 Å². The second-order valence-electron chi connectivity index (χ2n) is 8.87. The zero-order valence-electron chi connectivity index (χ0n) is 19.6. The van der Waals surface area contributed by atoms with Crippen molar-refractivity contribution < 1.29 is 14.7 Å². The summed E-state index contributed by atoms with van der Waals surface area (Å²) in [5, 5.41) is 16.0. The number of anilines is 1. The Balaban J connectivity index is 2.02. The zero-order chi connectivity index (χ0) is 23.6. The van der Waals surface area contributed by atoms with Gasteiger partial charge < -0.3 is 20.6 Å². The first-order chi connectivity index (χ1) is 15.1. The zero-order valence-corrected chi connectivity index (χ0v) is 20.4. The Hall–Kier alpha value is -2.52. The second-order valence-corrected chi connectivity index (χ2v) is 9.87. The highest BCUT2D eigenvalue weighted by molar-refractivity contribution is 7.17. The lowest BCUT2D eigenvalue weighted by Crippen LogP contribution is -2.39. The summed E-state index contributed by atoms with van der Waals surface area (Å²) in [6.45, 7) is 12.1. The number of aromatic nitrogens is 2. The van der Waals surface area contributed by atoms with Crippen molar-refractivity contribution in [2.75, 3.05) is 11.9 Å². The van der Waals surface area contributed by atoms with Gasteiger partial charge in [-0.1, -0.05) is 0 Å². The van der Waals surface area contributed by atoms with Crippen LogP contribution in [0.25, 0.3) is 10.4 Å². The fraction of sp³-hybridized carbons (Fsp3) is 0.565. The summed E-state index contributed by atoms with van der Waals surface area (Å²) in [6, 6.07) is 1.90. The number of carbonyl (C=O) groups excluding carboxylic acids is 2. The van der Waals surface area contributed by atoms with Crippen LogP contribution in [0.3, 0.4) is 0 Å². The number of amides is 2. The molecule has 2 amide bonds. The number of nitrogens with one attached hydrogen (secondary N) is 2. The Kier molecular flexibility index (Phi) is 7.51. The van der Waals surface area contributed by atoms with Crippen molar-refractivity contribution in [1.29, 1.82) is 0 Å². The molecule has 0 aromatic carbocycles. The molecule has 3 heterocycles. The minimum Gasteiger partial charge on any atom is -0.391 e. The van der Waals surface area contributed by atoms with Crippen molar-refractivity contribution in [2.45, 2.75) is 78.6 Å². The lowest BCUT2D eigenvalue weighted by atomic mass is 10.1. The highest BCUT2D eigenvalue weighted by Gasteiger charge is 2.32. The second kappa shape index (κ2) is 9.95. The maximum absolute atomic E-state index is 13.4. The van der Waals surface area contributed by atoms with Crippen LogP contribution >= 0.6 is 11.3 Å². The molecule has 2 aromatic rings. The van der Waals surface area contributed by atoms with Gasteiger partial charge in [-0.25, -0.2) is 9.97 Å². The molecule has 1 aliphatic heterocycles. The summed E-state index contributed by atoms with van der Waals surface area (Å²) in [5.74, 6) is 0.199. The van der Waals surface area contributed by atoms with Crippen LogP contribution in [-0.4, -0.2) is 62.6 Å². The molecule has 9 heteroatoms. The van der Waals surface area contributed by atoms with Crippen molar-refractivity contribution in [2.24, 2.45) is 0 Å². The van der Waals surface area contributed by atoms with Crippen molar-refractivity contribution >= 4 is 29.0 Å². The number of rotatable bonds is 7. The maximum Gasteiger partial charge on any atom is 0.280 e. The Labute approximate surface area is 193 Å². The van der Waals surface area contributed by atoms with E-state index in [2.05, 4.69) is 20.6 Å². The lowest BCUT2D eigenvalue weighted by molar-refractivity contribution is 0.0743. The van der Waals surface area contributed by atoms with Gasteiger partial charge in [-0.3, -0.25) is 9.59 Å². The molecule has 8 nitrogen and oxygen atoms in total. The highest BCUT2D eigenvalue weighted by Crippen LogP contribution is 2.35. The standard InChI is InChI=1S/C23H33N5O3S/c1-12(2)25-18-10-13(3)17(11-24-18)20-19(23(31)28-9-7-8-14(28)4)27-22(32-20)21(30)26-15(5)16(6)29/h10-12,14-16,29H,7-9H2,1-6H3,(H,24,25)(H,26,30)/t14-,15-,16-/m0/s1. The van der Waals surface area contributed by atoms with Gasteiger partial charge in [0.2, 0.25) is 0 Å². The van der Waals surface area contributed by atoms with E-state index in [1.54, 1.807) is 20.0 Å². The lowest BCUT2D eigenvalue weighted by Gasteiger charge is -2.21. The Morgan fingerprint density at radius 3 is 2.56 bits per heavy atom. The first-order valence-electron chi connectivity index (χ1n) is 11.1. The van der Waals surface area contributed by atoms with Crippen molar-refractivity contribution in [3.63, 3.8) is 0 Å². The van der Waals surface area contributed by atoms with E-state index in [-0.39, 0.29) is 28.7 Å². The molecule has 3 rings (SSSR count). The molecule has 0 unspecified atom stereocenters. The molecule has 0 aliphatic carbocycles. The van der Waals surface area contributed by atoms with E-state index >= 15 is 0 Å². The van der Waals surface area contributed by atoms with E-state index in [0.717, 1.165) is 29.8 Å². The van der Waals surface area contributed by atoms with E-state index in [1.807, 2.05) is 38.7 Å². The van der Waals surface area contributed by atoms with Gasteiger partial charge in [0.25, 0.3) is 11.8 Å². The van der Waals surface area contributed by atoms with Crippen LogP contribution in [0.4, 0.5) is 5.82 Å². The highest BCUT2D eigenvalue weighted by atomic mass is 32.1. The maximum atomic E-state index is 13.4. The van der Waals surface area contributed by atoms with Gasteiger partial charge in [0.15, 0.2) is 5.01 Å². The molecule has 174 valence electrons. The third-order valence-corrected chi connectivity index (χ3v) is 6.80. The summed E-state index contributed by atoms with van der Waals surface area (Å²) in [7, 11) is 0. The Morgan fingerprint density at radius 2 is 2.00 bits per heavy atom. The molecule has 2 aromatic heterocycles. The van der Waals surface area contributed by atoms with Crippen LogP contribution in [0.15, 0.2) is 12.3 Å².